The molecular weight excluding hydrogens is 366 g/mol. The molecule has 0 N–H and O–H groups in total. The summed E-state index contributed by atoms with van der Waals surface area (Å²) in [5.41, 5.74) is 2.63. The smallest absolute Gasteiger partial charge is 0.253 e. The fourth-order valence-electron chi connectivity index (χ4n) is 3.53. The molecule has 148 valence electrons. The number of carbonyl (C=O) groups is 1. The van der Waals surface area contributed by atoms with Gasteiger partial charge in [0.1, 0.15) is 5.75 Å². The Kier molecular flexibility index (Phi) is 5.65. The Bertz CT molecular complexity index is 962. The van der Waals surface area contributed by atoms with Gasteiger partial charge in [0.05, 0.1) is 13.3 Å². The molecule has 0 radical (unpaired) electrons. The number of ether oxygens (including phenoxy) is 1. The van der Waals surface area contributed by atoms with E-state index in [2.05, 4.69) is 19.9 Å². The Morgan fingerprint density at radius 3 is 2.52 bits per heavy atom. The quantitative estimate of drug-likeness (QED) is 0.683. The minimum Gasteiger partial charge on any atom is -0.494 e. The minimum atomic E-state index is 0.0501. The number of hydrogen-bond donors (Lipinski definition) is 0. The molecule has 0 saturated carbocycles. The van der Waals surface area contributed by atoms with E-state index in [9.17, 15) is 4.79 Å². The van der Waals surface area contributed by atoms with E-state index in [1.165, 1.54) is 0 Å². The second-order valence-corrected chi connectivity index (χ2v) is 6.83. The first kappa shape index (κ1) is 18.9. The van der Waals surface area contributed by atoms with E-state index in [-0.39, 0.29) is 5.91 Å². The lowest BCUT2D eigenvalue weighted by atomic mass is 10.0. The topological polar surface area (TPSA) is 71.5 Å². The Labute approximate surface area is 170 Å². The minimum absolute atomic E-state index is 0.0501. The highest BCUT2D eigenvalue weighted by Crippen LogP contribution is 2.29. The summed E-state index contributed by atoms with van der Waals surface area (Å²) in [5, 5.41) is 0. The monoisotopic (exact) mass is 389 g/mol. The third-order valence-corrected chi connectivity index (χ3v) is 5.07. The van der Waals surface area contributed by atoms with Crippen molar-refractivity contribution in [3.8, 4) is 16.9 Å². The van der Waals surface area contributed by atoms with E-state index in [0.717, 1.165) is 43.1 Å². The SMILES string of the molecule is COc1cnccc1-c1ccc(C(=O)N2CCCN(c3ncccn3)CC2)cc1. The van der Waals surface area contributed by atoms with E-state index >= 15 is 0 Å². The zero-order valence-electron chi connectivity index (χ0n) is 16.4. The maximum absolute atomic E-state index is 13.0. The van der Waals surface area contributed by atoms with Gasteiger partial charge in [-0.3, -0.25) is 9.78 Å². The van der Waals surface area contributed by atoms with Gasteiger partial charge in [-0.15, -0.1) is 0 Å². The fraction of sp³-hybridized carbons (Fsp3) is 0.273. The lowest BCUT2D eigenvalue weighted by Crippen LogP contribution is -2.35. The molecule has 7 nitrogen and oxygen atoms in total. The first-order chi connectivity index (χ1) is 14.3. The summed E-state index contributed by atoms with van der Waals surface area (Å²) in [6, 6.07) is 11.4. The number of benzene rings is 1. The molecule has 4 rings (SSSR count). The number of nitrogens with zero attached hydrogens (tertiary/aromatic N) is 5. The van der Waals surface area contributed by atoms with Crippen molar-refractivity contribution in [2.45, 2.75) is 6.42 Å². The maximum atomic E-state index is 13.0. The number of hydrogen-bond acceptors (Lipinski definition) is 6. The van der Waals surface area contributed by atoms with Crippen molar-refractivity contribution in [3.63, 3.8) is 0 Å². The highest BCUT2D eigenvalue weighted by Gasteiger charge is 2.21. The first-order valence-electron chi connectivity index (χ1n) is 9.66. The summed E-state index contributed by atoms with van der Waals surface area (Å²) in [7, 11) is 1.63. The standard InChI is InChI=1S/C22H23N5O2/c1-29-20-16-23-11-8-19(20)17-4-6-18(7-5-17)21(28)26-12-3-13-27(15-14-26)22-24-9-2-10-25-22/h2,4-11,16H,3,12-15H2,1H3. The van der Waals surface area contributed by atoms with Gasteiger partial charge in [-0.1, -0.05) is 12.1 Å². The molecule has 0 aliphatic carbocycles. The van der Waals surface area contributed by atoms with E-state index in [4.69, 9.17) is 4.74 Å². The summed E-state index contributed by atoms with van der Waals surface area (Å²) < 4.78 is 5.38. The number of amides is 1. The Balaban J connectivity index is 1.46. The van der Waals surface area contributed by atoms with Crippen LogP contribution in [0.5, 0.6) is 5.75 Å². The van der Waals surface area contributed by atoms with Crippen LogP contribution in [-0.2, 0) is 0 Å². The predicted molar refractivity (Wildman–Crippen MR) is 111 cm³/mol. The molecule has 1 saturated heterocycles. The van der Waals surface area contributed by atoms with E-state index in [1.54, 1.807) is 31.9 Å². The molecule has 0 unspecified atom stereocenters. The Morgan fingerprint density at radius 1 is 0.966 bits per heavy atom. The van der Waals surface area contributed by atoms with E-state index < -0.39 is 0 Å². The largest absolute Gasteiger partial charge is 0.494 e. The number of pyridine rings is 1. The van der Waals surface area contributed by atoms with Crippen molar-refractivity contribution in [2.75, 3.05) is 38.2 Å². The Morgan fingerprint density at radius 2 is 1.76 bits per heavy atom. The van der Waals surface area contributed by atoms with Crippen LogP contribution in [0.4, 0.5) is 5.95 Å². The van der Waals surface area contributed by atoms with Crippen molar-refractivity contribution in [3.05, 3.63) is 66.7 Å². The zero-order valence-corrected chi connectivity index (χ0v) is 16.4. The van der Waals surface area contributed by atoms with Crippen LogP contribution in [0.15, 0.2) is 61.2 Å². The summed E-state index contributed by atoms with van der Waals surface area (Å²) in [6.07, 6.45) is 7.80. The van der Waals surface area contributed by atoms with Gasteiger partial charge in [-0.2, -0.15) is 0 Å². The summed E-state index contributed by atoms with van der Waals surface area (Å²) >= 11 is 0. The highest BCUT2D eigenvalue weighted by molar-refractivity contribution is 5.95. The van der Waals surface area contributed by atoms with Gasteiger partial charge in [-0.05, 0) is 36.2 Å². The number of aromatic nitrogens is 3. The lowest BCUT2D eigenvalue weighted by Gasteiger charge is -2.22. The summed E-state index contributed by atoms with van der Waals surface area (Å²) in [5.74, 6) is 1.48. The van der Waals surface area contributed by atoms with Crippen LogP contribution in [0, 0.1) is 0 Å². The van der Waals surface area contributed by atoms with Crippen molar-refractivity contribution < 1.29 is 9.53 Å². The third kappa shape index (κ3) is 4.18. The molecule has 0 atom stereocenters. The maximum Gasteiger partial charge on any atom is 0.253 e. The fourth-order valence-corrected chi connectivity index (χ4v) is 3.53. The van der Waals surface area contributed by atoms with Gasteiger partial charge in [0.15, 0.2) is 0 Å². The highest BCUT2D eigenvalue weighted by atomic mass is 16.5. The number of carbonyl (C=O) groups excluding carboxylic acids is 1. The van der Waals surface area contributed by atoms with Gasteiger partial charge in [0, 0.05) is 55.9 Å². The van der Waals surface area contributed by atoms with Gasteiger partial charge >= 0.3 is 0 Å². The molecule has 1 aliphatic heterocycles. The van der Waals surface area contributed by atoms with Crippen molar-refractivity contribution >= 4 is 11.9 Å². The average Bonchev–Trinajstić information content (AvgIpc) is 3.06. The van der Waals surface area contributed by atoms with Gasteiger partial charge in [-0.25, -0.2) is 9.97 Å². The molecule has 3 heterocycles. The van der Waals surface area contributed by atoms with Crippen LogP contribution < -0.4 is 9.64 Å². The Hall–Kier alpha value is -3.48. The molecule has 1 aromatic carbocycles. The van der Waals surface area contributed by atoms with Crippen LogP contribution in [-0.4, -0.2) is 59.0 Å². The van der Waals surface area contributed by atoms with Crippen LogP contribution >= 0.6 is 0 Å². The van der Waals surface area contributed by atoms with Crippen LogP contribution in [0.25, 0.3) is 11.1 Å². The normalized spacial score (nSPS) is 14.4. The predicted octanol–water partition coefficient (Wildman–Crippen LogP) is 2.90. The van der Waals surface area contributed by atoms with Crippen molar-refractivity contribution in [1.29, 1.82) is 0 Å². The summed E-state index contributed by atoms with van der Waals surface area (Å²) in [6.45, 7) is 2.94. The molecule has 1 fully saturated rings. The summed E-state index contributed by atoms with van der Waals surface area (Å²) in [4.78, 5) is 29.8. The van der Waals surface area contributed by atoms with E-state index in [1.807, 2.05) is 41.3 Å². The van der Waals surface area contributed by atoms with Crippen LogP contribution in [0.1, 0.15) is 16.8 Å². The number of rotatable bonds is 4. The molecule has 0 bridgehead atoms. The molecule has 29 heavy (non-hydrogen) atoms. The molecule has 7 heteroatoms. The van der Waals surface area contributed by atoms with Gasteiger partial charge in [0.25, 0.3) is 5.91 Å². The second kappa shape index (κ2) is 8.68. The van der Waals surface area contributed by atoms with E-state index in [0.29, 0.717) is 17.9 Å². The molecule has 0 spiro atoms. The van der Waals surface area contributed by atoms with Gasteiger partial charge in [0.2, 0.25) is 5.95 Å². The zero-order chi connectivity index (χ0) is 20.1. The average molecular weight is 389 g/mol. The third-order valence-electron chi connectivity index (χ3n) is 5.07. The number of methoxy groups -OCH3 is 1. The van der Waals surface area contributed by atoms with Crippen LogP contribution in [0.2, 0.25) is 0 Å². The van der Waals surface area contributed by atoms with Gasteiger partial charge < -0.3 is 14.5 Å². The number of anilines is 1. The molecule has 1 aliphatic rings. The molecular formula is C22H23N5O2. The van der Waals surface area contributed by atoms with Crippen LogP contribution in [0.3, 0.4) is 0 Å². The molecule has 2 aromatic heterocycles. The molecule has 3 aromatic rings. The lowest BCUT2D eigenvalue weighted by molar-refractivity contribution is 0.0767. The first-order valence-corrected chi connectivity index (χ1v) is 9.66. The van der Waals surface area contributed by atoms with Crippen molar-refractivity contribution in [1.82, 2.24) is 19.9 Å². The second-order valence-electron chi connectivity index (χ2n) is 6.83. The molecule has 1 amide bonds. The van der Waals surface area contributed by atoms with Crippen molar-refractivity contribution in [2.24, 2.45) is 0 Å².